The van der Waals surface area contributed by atoms with Crippen LogP contribution in [0.4, 0.5) is 0 Å². The summed E-state index contributed by atoms with van der Waals surface area (Å²) in [4.78, 5) is 14.8. The van der Waals surface area contributed by atoms with Gasteiger partial charge in [-0.1, -0.05) is 54.6 Å². The van der Waals surface area contributed by atoms with Gasteiger partial charge in [0.1, 0.15) is 0 Å². The second kappa shape index (κ2) is 6.97. The number of nitrogens with two attached hydrogens (primary N) is 1. The topological polar surface area (TPSA) is 46.3 Å². The van der Waals surface area contributed by atoms with Gasteiger partial charge < -0.3 is 10.6 Å². The second-order valence-corrected chi connectivity index (χ2v) is 6.32. The number of rotatable bonds is 4. The average molecular weight is 308 g/mol. The molecule has 0 aromatic heterocycles. The first kappa shape index (κ1) is 15.8. The van der Waals surface area contributed by atoms with Crippen LogP contribution >= 0.6 is 0 Å². The van der Waals surface area contributed by atoms with Gasteiger partial charge in [-0.2, -0.15) is 0 Å². The highest BCUT2D eigenvalue weighted by atomic mass is 16.2. The van der Waals surface area contributed by atoms with Crippen molar-refractivity contribution in [1.29, 1.82) is 0 Å². The molecule has 23 heavy (non-hydrogen) atoms. The third kappa shape index (κ3) is 3.45. The first-order valence-corrected chi connectivity index (χ1v) is 8.32. The summed E-state index contributed by atoms with van der Waals surface area (Å²) in [6, 6.07) is 18.2. The molecule has 1 heterocycles. The molecular weight excluding hydrogens is 284 g/mol. The largest absolute Gasteiger partial charge is 0.336 e. The van der Waals surface area contributed by atoms with Crippen molar-refractivity contribution in [2.24, 2.45) is 5.73 Å². The number of hydrogen-bond acceptors (Lipinski definition) is 2. The molecule has 2 aromatic carbocycles. The summed E-state index contributed by atoms with van der Waals surface area (Å²) in [7, 11) is 0. The second-order valence-electron chi connectivity index (χ2n) is 6.32. The number of carbonyl (C=O) groups is 1. The zero-order chi connectivity index (χ0) is 16.2. The van der Waals surface area contributed by atoms with E-state index in [0.717, 1.165) is 24.9 Å². The number of likely N-dealkylation sites (tertiary alicyclic amines) is 1. The molecule has 0 saturated carbocycles. The van der Waals surface area contributed by atoms with Crippen LogP contribution in [0, 0.1) is 6.92 Å². The summed E-state index contributed by atoms with van der Waals surface area (Å²) >= 11 is 0. The molecule has 1 fully saturated rings. The zero-order valence-corrected chi connectivity index (χ0v) is 13.6. The molecule has 0 aliphatic carbocycles. The molecule has 0 spiro atoms. The van der Waals surface area contributed by atoms with Crippen LogP contribution in [-0.4, -0.2) is 17.4 Å². The fourth-order valence-corrected chi connectivity index (χ4v) is 3.47. The van der Waals surface area contributed by atoms with Crippen molar-refractivity contribution in [3.63, 3.8) is 0 Å². The maximum absolute atomic E-state index is 12.8. The Balaban J connectivity index is 1.73. The molecule has 1 aliphatic heterocycles. The van der Waals surface area contributed by atoms with Gasteiger partial charge in [-0.25, -0.2) is 0 Å². The molecule has 3 nitrogen and oxygen atoms in total. The maximum atomic E-state index is 12.8. The molecule has 0 bridgehead atoms. The summed E-state index contributed by atoms with van der Waals surface area (Å²) in [5, 5.41) is 0. The molecule has 0 unspecified atom stereocenters. The normalized spacial score (nSPS) is 18.9. The number of amides is 1. The third-order valence-electron chi connectivity index (χ3n) is 4.74. The van der Waals surface area contributed by atoms with Gasteiger partial charge in [0.25, 0.3) is 0 Å². The van der Waals surface area contributed by atoms with Crippen LogP contribution in [0.3, 0.4) is 0 Å². The smallest absolute Gasteiger partial charge is 0.224 e. The minimum Gasteiger partial charge on any atom is -0.336 e. The van der Waals surface area contributed by atoms with Gasteiger partial charge >= 0.3 is 0 Å². The Bertz CT molecular complexity index is 668. The quantitative estimate of drug-likeness (QED) is 0.935. The number of hydrogen-bond donors (Lipinski definition) is 1. The first-order valence-electron chi connectivity index (χ1n) is 8.32. The van der Waals surface area contributed by atoms with Crippen molar-refractivity contribution in [3.05, 3.63) is 71.3 Å². The van der Waals surface area contributed by atoms with E-state index in [4.69, 9.17) is 5.73 Å². The molecule has 0 radical (unpaired) electrons. The Morgan fingerprint density at radius 3 is 2.61 bits per heavy atom. The minimum absolute atomic E-state index is 0.159. The molecule has 1 saturated heterocycles. The Labute approximate surface area is 138 Å². The van der Waals surface area contributed by atoms with Crippen LogP contribution in [-0.2, 0) is 4.79 Å². The SMILES string of the molecule is Cc1ccccc1[C@@H]1CCCN1C(=O)C[C@@H](N)c1ccccc1. The Hall–Kier alpha value is -2.13. The summed E-state index contributed by atoms with van der Waals surface area (Å²) in [5.41, 5.74) is 9.78. The summed E-state index contributed by atoms with van der Waals surface area (Å²) in [6.45, 7) is 2.95. The number of nitrogens with zero attached hydrogens (tertiary/aromatic N) is 1. The van der Waals surface area contributed by atoms with E-state index in [2.05, 4.69) is 25.1 Å². The summed E-state index contributed by atoms with van der Waals surface area (Å²) in [5.74, 6) is 0.159. The van der Waals surface area contributed by atoms with Crippen LogP contribution in [0.15, 0.2) is 54.6 Å². The molecule has 2 aromatic rings. The summed E-state index contributed by atoms with van der Waals surface area (Å²) < 4.78 is 0. The van der Waals surface area contributed by atoms with E-state index in [9.17, 15) is 4.79 Å². The standard InChI is InChI=1S/C20H24N2O/c1-15-8-5-6-11-17(15)19-12-7-13-22(19)20(23)14-18(21)16-9-3-2-4-10-16/h2-6,8-11,18-19H,7,12-14,21H2,1H3/t18-,19+/m1/s1. The molecule has 2 atom stereocenters. The van der Waals surface area contributed by atoms with E-state index in [1.807, 2.05) is 41.3 Å². The third-order valence-corrected chi connectivity index (χ3v) is 4.74. The van der Waals surface area contributed by atoms with E-state index in [0.29, 0.717) is 6.42 Å². The van der Waals surface area contributed by atoms with Gasteiger partial charge in [-0.3, -0.25) is 4.79 Å². The molecular formula is C20H24N2O. The lowest BCUT2D eigenvalue weighted by Crippen LogP contribution is -2.33. The Morgan fingerprint density at radius 2 is 1.87 bits per heavy atom. The number of benzene rings is 2. The van der Waals surface area contributed by atoms with Gasteiger partial charge in [0.15, 0.2) is 0 Å². The van der Waals surface area contributed by atoms with Crippen molar-refractivity contribution in [3.8, 4) is 0 Å². The highest BCUT2D eigenvalue weighted by molar-refractivity contribution is 5.78. The highest BCUT2D eigenvalue weighted by Crippen LogP contribution is 2.34. The zero-order valence-electron chi connectivity index (χ0n) is 13.6. The van der Waals surface area contributed by atoms with E-state index < -0.39 is 0 Å². The van der Waals surface area contributed by atoms with Crippen LogP contribution in [0.25, 0.3) is 0 Å². The first-order chi connectivity index (χ1) is 11.2. The molecule has 1 aliphatic rings. The van der Waals surface area contributed by atoms with Gasteiger partial charge in [0.05, 0.1) is 6.04 Å². The molecule has 120 valence electrons. The molecule has 1 amide bonds. The molecule has 3 heteroatoms. The van der Waals surface area contributed by atoms with Crippen molar-refractivity contribution < 1.29 is 4.79 Å². The molecule has 2 N–H and O–H groups in total. The van der Waals surface area contributed by atoms with Gasteiger partial charge in [-0.05, 0) is 36.5 Å². The van der Waals surface area contributed by atoms with Crippen LogP contribution in [0.5, 0.6) is 0 Å². The van der Waals surface area contributed by atoms with Gasteiger partial charge in [0.2, 0.25) is 5.91 Å². The van der Waals surface area contributed by atoms with Crippen molar-refractivity contribution in [2.45, 2.75) is 38.3 Å². The van der Waals surface area contributed by atoms with E-state index in [1.165, 1.54) is 11.1 Å². The van der Waals surface area contributed by atoms with Gasteiger partial charge in [0, 0.05) is 19.0 Å². The monoisotopic (exact) mass is 308 g/mol. The predicted octanol–water partition coefficient (Wildman–Crippen LogP) is 3.75. The Morgan fingerprint density at radius 1 is 1.17 bits per heavy atom. The lowest BCUT2D eigenvalue weighted by atomic mass is 9.98. The van der Waals surface area contributed by atoms with Crippen LogP contribution in [0.2, 0.25) is 0 Å². The lowest BCUT2D eigenvalue weighted by molar-refractivity contribution is -0.132. The van der Waals surface area contributed by atoms with Crippen molar-refractivity contribution >= 4 is 5.91 Å². The number of carbonyl (C=O) groups excluding carboxylic acids is 1. The van der Waals surface area contributed by atoms with Crippen molar-refractivity contribution in [1.82, 2.24) is 4.90 Å². The Kier molecular flexibility index (Phi) is 4.77. The van der Waals surface area contributed by atoms with Gasteiger partial charge in [-0.15, -0.1) is 0 Å². The van der Waals surface area contributed by atoms with E-state index >= 15 is 0 Å². The van der Waals surface area contributed by atoms with E-state index in [-0.39, 0.29) is 18.0 Å². The molecule has 3 rings (SSSR count). The predicted molar refractivity (Wildman–Crippen MR) is 92.9 cm³/mol. The van der Waals surface area contributed by atoms with Crippen molar-refractivity contribution in [2.75, 3.05) is 6.54 Å². The lowest BCUT2D eigenvalue weighted by Gasteiger charge is -2.27. The highest BCUT2D eigenvalue weighted by Gasteiger charge is 2.31. The minimum atomic E-state index is -0.234. The van der Waals surface area contributed by atoms with E-state index in [1.54, 1.807) is 0 Å². The maximum Gasteiger partial charge on any atom is 0.224 e. The van der Waals surface area contributed by atoms with Crippen LogP contribution < -0.4 is 5.73 Å². The summed E-state index contributed by atoms with van der Waals surface area (Å²) in [6.07, 6.45) is 2.47. The van der Waals surface area contributed by atoms with Crippen LogP contribution in [0.1, 0.15) is 48.0 Å². The fraction of sp³-hybridized carbons (Fsp3) is 0.350. The average Bonchev–Trinajstić information content (AvgIpc) is 3.05. The number of aryl methyl sites for hydroxylation is 1. The fourth-order valence-electron chi connectivity index (χ4n) is 3.47.